The van der Waals surface area contributed by atoms with Gasteiger partial charge in [-0.3, -0.25) is 4.79 Å². The summed E-state index contributed by atoms with van der Waals surface area (Å²) in [6, 6.07) is 3.72. The molecule has 0 aliphatic carbocycles. The minimum atomic E-state index is -1.04. The predicted molar refractivity (Wildman–Crippen MR) is 72.6 cm³/mol. The van der Waals surface area contributed by atoms with Crippen LogP contribution in [0.25, 0.3) is 0 Å². The van der Waals surface area contributed by atoms with Crippen molar-refractivity contribution in [2.75, 3.05) is 13.2 Å². The van der Waals surface area contributed by atoms with Crippen LogP contribution in [0.2, 0.25) is 0 Å². The SMILES string of the molecule is CC(C)(C)OCC(=O)NCC(C)(O)c1cccs1. The molecular formula is C13H21NO3S. The van der Waals surface area contributed by atoms with E-state index in [1.165, 1.54) is 11.3 Å². The lowest BCUT2D eigenvalue weighted by molar-refractivity contribution is -0.131. The molecule has 4 nitrogen and oxygen atoms in total. The Balaban J connectivity index is 2.39. The first-order valence-electron chi connectivity index (χ1n) is 5.88. The number of amides is 1. The summed E-state index contributed by atoms with van der Waals surface area (Å²) in [4.78, 5) is 12.4. The van der Waals surface area contributed by atoms with Crippen molar-refractivity contribution in [2.24, 2.45) is 0 Å². The average molecular weight is 271 g/mol. The standard InChI is InChI=1S/C13H21NO3S/c1-12(2,3)17-8-11(15)14-9-13(4,16)10-6-5-7-18-10/h5-7,16H,8-9H2,1-4H3,(H,14,15). The summed E-state index contributed by atoms with van der Waals surface area (Å²) in [6.45, 7) is 7.54. The largest absolute Gasteiger partial charge is 0.383 e. The number of hydrogen-bond acceptors (Lipinski definition) is 4. The molecule has 5 heteroatoms. The highest BCUT2D eigenvalue weighted by Crippen LogP contribution is 2.24. The molecule has 1 amide bonds. The van der Waals surface area contributed by atoms with Crippen molar-refractivity contribution in [3.05, 3.63) is 22.4 Å². The molecule has 18 heavy (non-hydrogen) atoms. The number of rotatable bonds is 5. The second-order valence-corrected chi connectivity index (χ2v) is 6.38. The van der Waals surface area contributed by atoms with Gasteiger partial charge in [0.15, 0.2) is 0 Å². The van der Waals surface area contributed by atoms with Crippen LogP contribution < -0.4 is 5.32 Å². The molecule has 1 atom stereocenters. The normalized spacial score (nSPS) is 15.2. The van der Waals surface area contributed by atoms with Crippen LogP contribution in [0.4, 0.5) is 0 Å². The molecule has 0 saturated heterocycles. The Morgan fingerprint density at radius 2 is 2.11 bits per heavy atom. The average Bonchev–Trinajstić information content (AvgIpc) is 2.76. The number of thiophene rings is 1. The molecule has 1 rings (SSSR count). The zero-order valence-corrected chi connectivity index (χ0v) is 12.1. The Labute approximate surface area is 112 Å². The van der Waals surface area contributed by atoms with Crippen molar-refractivity contribution in [1.29, 1.82) is 0 Å². The van der Waals surface area contributed by atoms with Crippen molar-refractivity contribution >= 4 is 17.2 Å². The summed E-state index contributed by atoms with van der Waals surface area (Å²) in [5.74, 6) is -0.221. The number of ether oxygens (including phenoxy) is 1. The lowest BCUT2D eigenvalue weighted by Crippen LogP contribution is -2.40. The number of carbonyl (C=O) groups excluding carboxylic acids is 1. The highest BCUT2D eigenvalue weighted by Gasteiger charge is 2.25. The predicted octanol–water partition coefficient (Wildman–Crippen LogP) is 1.89. The van der Waals surface area contributed by atoms with E-state index in [0.29, 0.717) is 0 Å². The molecule has 0 aliphatic rings. The number of carbonyl (C=O) groups is 1. The molecule has 1 heterocycles. The van der Waals surface area contributed by atoms with Crippen LogP contribution in [0, 0.1) is 0 Å². The van der Waals surface area contributed by atoms with Gasteiger partial charge in [0, 0.05) is 4.88 Å². The van der Waals surface area contributed by atoms with E-state index in [9.17, 15) is 9.90 Å². The molecule has 0 fully saturated rings. The van der Waals surface area contributed by atoms with Crippen molar-refractivity contribution in [3.8, 4) is 0 Å². The topological polar surface area (TPSA) is 58.6 Å². The van der Waals surface area contributed by atoms with Gasteiger partial charge in [-0.1, -0.05) is 6.07 Å². The molecule has 0 aliphatic heterocycles. The van der Waals surface area contributed by atoms with Gasteiger partial charge in [0.2, 0.25) is 5.91 Å². The first-order valence-corrected chi connectivity index (χ1v) is 6.76. The summed E-state index contributed by atoms with van der Waals surface area (Å²) in [5.41, 5.74) is -1.38. The lowest BCUT2D eigenvalue weighted by atomic mass is 10.1. The third-order valence-corrected chi connectivity index (χ3v) is 3.44. The molecule has 1 aromatic heterocycles. The van der Waals surface area contributed by atoms with Gasteiger partial charge in [0.25, 0.3) is 0 Å². The highest BCUT2D eigenvalue weighted by atomic mass is 32.1. The molecule has 1 unspecified atom stereocenters. The van der Waals surface area contributed by atoms with Gasteiger partial charge < -0.3 is 15.2 Å². The van der Waals surface area contributed by atoms with E-state index < -0.39 is 5.60 Å². The van der Waals surface area contributed by atoms with Crippen LogP contribution in [-0.4, -0.2) is 29.8 Å². The van der Waals surface area contributed by atoms with E-state index in [-0.39, 0.29) is 24.7 Å². The second-order valence-electron chi connectivity index (χ2n) is 5.43. The number of hydrogen-bond donors (Lipinski definition) is 2. The van der Waals surface area contributed by atoms with Crippen molar-refractivity contribution in [2.45, 2.75) is 38.9 Å². The van der Waals surface area contributed by atoms with Crippen molar-refractivity contribution < 1.29 is 14.6 Å². The zero-order chi connectivity index (χ0) is 13.8. The van der Waals surface area contributed by atoms with E-state index in [2.05, 4.69) is 5.32 Å². The van der Waals surface area contributed by atoms with Crippen LogP contribution in [0.5, 0.6) is 0 Å². The number of aliphatic hydroxyl groups is 1. The fraction of sp³-hybridized carbons (Fsp3) is 0.615. The highest BCUT2D eigenvalue weighted by molar-refractivity contribution is 7.10. The van der Waals surface area contributed by atoms with E-state index in [0.717, 1.165) is 4.88 Å². The van der Waals surface area contributed by atoms with Gasteiger partial charge in [-0.15, -0.1) is 11.3 Å². The van der Waals surface area contributed by atoms with E-state index in [1.807, 2.05) is 38.3 Å². The van der Waals surface area contributed by atoms with Crippen LogP contribution in [0.15, 0.2) is 17.5 Å². The van der Waals surface area contributed by atoms with Gasteiger partial charge in [-0.05, 0) is 39.1 Å². The molecule has 0 radical (unpaired) electrons. The van der Waals surface area contributed by atoms with Crippen LogP contribution in [0.3, 0.4) is 0 Å². The molecule has 2 N–H and O–H groups in total. The minimum Gasteiger partial charge on any atom is -0.383 e. The zero-order valence-electron chi connectivity index (χ0n) is 11.3. The fourth-order valence-electron chi connectivity index (χ4n) is 1.28. The molecule has 0 bridgehead atoms. The quantitative estimate of drug-likeness (QED) is 0.860. The Bertz CT molecular complexity index is 379. The first-order chi connectivity index (χ1) is 8.21. The molecular weight excluding hydrogens is 250 g/mol. The Hall–Kier alpha value is -0.910. The van der Waals surface area contributed by atoms with Crippen LogP contribution >= 0.6 is 11.3 Å². The van der Waals surface area contributed by atoms with Crippen molar-refractivity contribution in [1.82, 2.24) is 5.32 Å². The van der Waals surface area contributed by atoms with Crippen LogP contribution in [0.1, 0.15) is 32.6 Å². The molecule has 0 aromatic carbocycles. The van der Waals surface area contributed by atoms with Crippen LogP contribution in [-0.2, 0) is 15.1 Å². The third kappa shape index (κ3) is 5.16. The monoisotopic (exact) mass is 271 g/mol. The third-order valence-electron chi connectivity index (χ3n) is 2.32. The summed E-state index contributed by atoms with van der Waals surface area (Å²) in [7, 11) is 0. The minimum absolute atomic E-state index is 0.00399. The Kier molecular flexibility index (Phi) is 4.90. The smallest absolute Gasteiger partial charge is 0.246 e. The van der Waals surface area contributed by atoms with Gasteiger partial charge >= 0.3 is 0 Å². The number of nitrogens with one attached hydrogen (secondary N) is 1. The van der Waals surface area contributed by atoms with Gasteiger partial charge in [0.1, 0.15) is 12.2 Å². The molecule has 0 saturated carbocycles. The summed E-state index contributed by atoms with van der Waals surface area (Å²) in [5, 5.41) is 14.8. The summed E-state index contributed by atoms with van der Waals surface area (Å²) in [6.07, 6.45) is 0. The Morgan fingerprint density at radius 3 is 2.61 bits per heavy atom. The van der Waals surface area contributed by atoms with Gasteiger partial charge in [-0.2, -0.15) is 0 Å². The van der Waals surface area contributed by atoms with E-state index in [1.54, 1.807) is 6.92 Å². The molecule has 0 spiro atoms. The fourth-order valence-corrected chi connectivity index (χ4v) is 2.06. The lowest BCUT2D eigenvalue weighted by Gasteiger charge is -2.23. The van der Waals surface area contributed by atoms with E-state index in [4.69, 9.17) is 4.74 Å². The maximum Gasteiger partial charge on any atom is 0.246 e. The summed E-state index contributed by atoms with van der Waals surface area (Å²) >= 11 is 1.47. The van der Waals surface area contributed by atoms with Gasteiger partial charge in [0.05, 0.1) is 12.1 Å². The maximum absolute atomic E-state index is 11.6. The molecule has 1 aromatic rings. The Morgan fingerprint density at radius 1 is 1.44 bits per heavy atom. The first kappa shape index (κ1) is 15.1. The van der Waals surface area contributed by atoms with Crippen molar-refractivity contribution in [3.63, 3.8) is 0 Å². The van der Waals surface area contributed by atoms with Gasteiger partial charge in [-0.25, -0.2) is 0 Å². The summed E-state index contributed by atoms with van der Waals surface area (Å²) < 4.78 is 5.36. The second kappa shape index (κ2) is 5.82. The maximum atomic E-state index is 11.6. The van der Waals surface area contributed by atoms with E-state index >= 15 is 0 Å². The molecule has 102 valence electrons.